The van der Waals surface area contributed by atoms with E-state index in [1.54, 1.807) is 13.8 Å². The monoisotopic (exact) mass is 295 g/mol. The zero-order valence-corrected chi connectivity index (χ0v) is 11.9. The van der Waals surface area contributed by atoms with Crippen LogP contribution in [-0.2, 0) is 4.79 Å². The standard InChI is InChI=1S/C13H14ClN3O3/c1-3-13(4-2,8-15)12(18)16-9-5-6-10(14)11(7-9)17(19)20/h5-7H,3-4H2,1-2H3,(H,16,18). The van der Waals surface area contributed by atoms with Crippen molar-refractivity contribution >= 4 is 28.9 Å². The number of rotatable bonds is 5. The number of halogens is 1. The van der Waals surface area contributed by atoms with Crippen LogP contribution < -0.4 is 5.32 Å². The Hall–Kier alpha value is -2.13. The lowest BCUT2D eigenvalue weighted by Gasteiger charge is -2.22. The lowest BCUT2D eigenvalue weighted by molar-refractivity contribution is -0.384. The van der Waals surface area contributed by atoms with Crippen molar-refractivity contribution in [3.8, 4) is 6.07 Å². The molecular weight excluding hydrogens is 282 g/mol. The fourth-order valence-electron chi connectivity index (χ4n) is 1.76. The molecule has 0 fully saturated rings. The van der Waals surface area contributed by atoms with Crippen LogP contribution in [0.15, 0.2) is 18.2 Å². The van der Waals surface area contributed by atoms with E-state index in [1.807, 2.05) is 6.07 Å². The number of benzene rings is 1. The number of nitriles is 1. The van der Waals surface area contributed by atoms with Crippen molar-refractivity contribution in [3.05, 3.63) is 33.3 Å². The molecule has 0 bridgehead atoms. The van der Waals surface area contributed by atoms with E-state index in [9.17, 15) is 20.2 Å². The zero-order chi connectivity index (χ0) is 15.3. The van der Waals surface area contributed by atoms with Crippen LogP contribution >= 0.6 is 11.6 Å². The molecule has 0 aliphatic carbocycles. The molecule has 20 heavy (non-hydrogen) atoms. The Labute approximate surface area is 121 Å². The van der Waals surface area contributed by atoms with Gasteiger partial charge in [-0.1, -0.05) is 25.4 Å². The number of nitro benzene ring substituents is 1. The van der Waals surface area contributed by atoms with Crippen molar-refractivity contribution in [1.29, 1.82) is 5.26 Å². The van der Waals surface area contributed by atoms with E-state index in [0.29, 0.717) is 12.8 Å². The Morgan fingerprint density at radius 2 is 2.10 bits per heavy atom. The molecule has 0 aliphatic heterocycles. The zero-order valence-electron chi connectivity index (χ0n) is 11.1. The van der Waals surface area contributed by atoms with Gasteiger partial charge in [-0.2, -0.15) is 5.26 Å². The maximum absolute atomic E-state index is 12.2. The molecule has 1 aromatic rings. The lowest BCUT2D eigenvalue weighted by atomic mass is 9.83. The van der Waals surface area contributed by atoms with E-state index in [1.165, 1.54) is 18.2 Å². The molecule has 0 saturated heterocycles. The molecule has 0 heterocycles. The summed E-state index contributed by atoms with van der Waals surface area (Å²) in [6.07, 6.45) is 0.725. The van der Waals surface area contributed by atoms with Gasteiger partial charge in [-0.3, -0.25) is 14.9 Å². The van der Waals surface area contributed by atoms with Gasteiger partial charge in [-0.25, -0.2) is 0 Å². The number of amides is 1. The second kappa shape index (κ2) is 6.35. The SMILES string of the molecule is CCC(C#N)(CC)C(=O)Nc1ccc(Cl)c([N+](=O)[O-])c1. The number of carbonyl (C=O) groups excluding carboxylic acids is 1. The molecule has 1 rings (SSSR count). The molecule has 1 amide bonds. The van der Waals surface area contributed by atoms with Crippen LogP contribution in [-0.4, -0.2) is 10.8 Å². The summed E-state index contributed by atoms with van der Waals surface area (Å²) in [5.74, 6) is -0.471. The highest BCUT2D eigenvalue weighted by Crippen LogP contribution is 2.30. The maximum atomic E-state index is 12.2. The van der Waals surface area contributed by atoms with Crippen molar-refractivity contribution in [3.63, 3.8) is 0 Å². The third-order valence-electron chi connectivity index (χ3n) is 3.26. The van der Waals surface area contributed by atoms with E-state index < -0.39 is 16.2 Å². The number of nitro groups is 1. The molecule has 0 unspecified atom stereocenters. The van der Waals surface area contributed by atoms with E-state index in [0.717, 1.165) is 0 Å². The fourth-order valence-corrected chi connectivity index (χ4v) is 1.95. The van der Waals surface area contributed by atoms with Gasteiger partial charge in [0.2, 0.25) is 5.91 Å². The second-order valence-electron chi connectivity index (χ2n) is 4.28. The number of hydrogen-bond donors (Lipinski definition) is 1. The van der Waals surface area contributed by atoms with Gasteiger partial charge in [0, 0.05) is 11.8 Å². The van der Waals surface area contributed by atoms with Crippen LogP contribution in [0.3, 0.4) is 0 Å². The second-order valence-corrected chi connectivity index (χ2v) is 4.69. The van der Waals surface area contributed by atoms with Crippen molar-refractivity contribution in [2.45, 2.75) is 26.7 Å². The molecule has 1 aromatic carbocycles. The summed E-state index contributed by atoms with van der Waals surface area (Å²) >= 11 is 5.69. The van der Waals surface area contributed by atoms with E-state index in [-0.39, 0.29) is 16.4 Å². The van der Waals surface area contributed by atoms with Gasteiger partial charge in [-0.05, 0) is 25.0 Å². The molecule has 0 saturated carbocycles. The van der Waals surface area contributed by atoms with Gasteiger partial charge in [0.1, 0.15) is 10.4 Å². The number of nitrogens with zero attached hydrogens (tertiary/aromatic N) is 2. The molecule has 0 radical (unpaired) electrons. The smallest absolute Gasteiger partial charge is 0.289 e. The van der Waals surface area contributed by atoms with Crippen molar-refractivity contribution < 1.29 is 9.72 Å². The van der Waals surface area contributed by atoms with Crippen LogP contribution in [0.25, 0.3) is 0 Å². The summed E-state index contributed by atoms with van der Waals surface area (Å²) in [7, 11) is 0. The molecule has 6 nitrogen and oxygen atoms in total. The average molecular weight is 296 g/mol. The number of anilines is 1. The van der Waals surface area contributed by atoms with Crippen molar-refractivity contribution in [1.82, 2.24) is 0 Å². The summed E-state index contributed by atoms with van der Waals surface area (Å²) in [6, 6.07) is 5.98. The Bertz CT molecular complexity index is 577. The first-order chi connectivity index (χ1) is 9.40. The normalized spacial score (nSPS) is 10.7. The summed E-state index contributed by atoms with van der Waals surface area (Å²) < 4.78 is 0. The predicted octanol–water partition coefficient (Wildman–Crippen LogP) is 3.52. The Morgan fingerprint density at radius 1 is 1.50 bits per heavy atom. The van der Waals surface area contributed by atoms with Gasteiger partial charge in [0.25, 0.3) is 5.69 Å². The first-order valence-corrected chi connectivity index (χ1v) is 6.44. The number of nitrogens with one attached hydrogen (secondary N) is 1. The first kappa shape index (κ1) is 15.9. The third-order valence-corrected chi connectivity index (χ3v) is 3.58. The molecule has 7 heteroatoms. The summed E-state index contributed by atoms with van der Waals surface area (Å²) in [6.45, 7) is 3.49. The molecule has 1 N–H and O–H groups in total. The van der Waals surface area contributed by atoms with Crippen LogP contribution in [0, 0.1) is 26.9 Å². The molecule has 0 aliphatic rings. The minimum atomic E-state index is -1.13. The Kier molecular flexibility index (Phi) is 5.06. The first-order valence-electron chi connectivity index (χ1n) is 6.06. The Balaban J connectivity index is 3.06. The van der Waals surface area contributed by atoms with Gasteiger partial charge in [-0.15, -0.1) is 0 Å². The summed E-state index contributed by atoms with van der Waals surface area (Å²) in [4.78, 5) is 22.3. The Morgan fingerprint density at radius 3 is 2.55 bits per heavy atom. The summed E-state index contributed by atoms with van der Waals surface area (Å²) in [5, 5.41) is 22.5. The quantitative estimate of drug-likeness (QED) is 0.664. The van der Waals surface area contributed by atoms with Crippen molar-refractivity contribution in [2.75, 3.05) is 5.32 Å². The average Bonchev–Trinajstić information content (AvgIpc) is 2.43. The molecule has 106 valence electrons. The highest BCUT2D eigenvalue weighted by molar-refractivity contribution is 6.32. The summed E-state index contributed by atoms with van der Waals surface area (Å²) in [5.41, 5.74) is -1.18. The van der Waals surface area contributed by atoms with E-state index in [4.69, 9.17) is 11.6 Å². The van der Waals surface area contributed by atoms with Gasteiger partial charge in [0.15, 0.2) is 0 Å². The molecule has 0 spiro atoms. The highest BCUT2D eigenvalue weighted by Gasteiger charge is 2.35. The highest BCUT2D eigenvalue weighted by atomic mass is 35.5. The number of carbonyl (C=O) groups is 1. The van der Waals surface area contributed by atoms with E-state index in [2.05, 4.69) is 5.32 Å². The minimum absolute atomic E-state index is 0.00877. The van der Waals surface area contributed by atoms with Crippen LogP contribution in [0.4, 0.5) is 11.4 Å². The topological polar surface area (TPSA) is 96.0 Å². The molecule has 0 atom stereocenters. The molecular formula is C13H14ClN3O3. The van der Waals surface area contributed by atoms with Gasteiger partial charge in [0.05, 0.1) is 11.0 Å². The van der Waals surface area contributed by atoms with Crippen LogP contribution in [0.2, 0.25) is 5.02 Å². The number of hydrogen-bond acceptors (Lipinski definition) is 4. The lowest BCUT2D eigenvalue weighted by Crippen LogP contribution is -2.33. The van der Waals surface area contributed by atoms with Gasteiger partial charge < -0.3 is 5.32 Å². The van der Waals surface area contributed by atoms with Gasteiger partial charge >= 0.3 is 0 Å². The maximum Gasteiger partial charge on any atom is 0.289 e. The predicted molar refractivity (Wildman–Crippen MR) is 75.4 cm³/mol. The third kappa shape index (κ3) is 3.06. The van der Waals surface area contributed by atoms with E-state index >= 15 is 0 Å². The molecule has 0 aromatic heterocycles. The fraction of sp³-hybridized carbons (Fsp3) is 0.385. The van der Waals surface area contributed by atoms with Crippen LogP contribution in [0.5, 0.6) is 0 Å². The minimum Gasteiger partial charge on any atom is -0.324 e. The largest absolute Gasteiger partial charge is 0.324 e. The van der Waals surface area contributed by atoms with Crippen molar-refractivity contribution in [2.24, 2.45) is 5.41 Å². The van der Waals surface area contributed by atoms with Crippen LogP contribution in [0.1, 0.15) is 26.7 Å².